The van der Waals surface area contributed by atoms with Crippen molar-refractivity contribution >= 4 is 5.97 Å². The summed E-state index contributed by atoms with van der Waals surface area (Å²) in [6.07, 6.45) is 3.67. The highest BCUT2D eigenvalue weighted by Gasteiger charge is 2.27. The number of rotatable bonds is 5. The number of hydrogen-bond donors (Lipinski definition) is 2. The van der Waals surface area contributed by atoms with E-state index in [-0.39, 0.29) is 12.0 Å². The van der Waals surface area contributed by atoms with Crippen LogP contribution < -0.4 is 5.32 Å². The third-order valence-electron chi connectivity index (χ3n) is 4.61. The normalized spacial score (nSPS) is 24.0. The van der Waals surface area contributed by atoms with Crippen molar-refractivity contribution in [2.45, 2.75) is 64.5 Å². The molecule has 2 rings (SSSR count). The molecule has 0 saturated heterocycles. The molecule has 1 saturated carbocycles. The lowest BCUT2D eigenvalue weighted by Crippen LogP contribution is -2.37. The lowest BCUT2D eigenvalue weighted by molar-refractivity contribution is -0.143. The summed E-state index contributed by atoms with van der Waals surface area (Å²) in [5, 5.41) is 12.8. The maximum atomic E-state index is 11.1. The molecule has 2 N–H and O–H groups in total. The summed E-state index contributed by atoms with van der Waals surface area (Å²) >= 11 is 0. The Morgan fingerprint density at radius 2 is 1.76 bits per heavy atom. The van der Waals surface area contributed by atoms with Crippen LogP contribution in [0.25, 0.3) is 0 Å². The van der Waals surface area contributed by atoms with Crippen molar-refractivity contribution in [2.75, 3.05) is 0 Å². The Morgan fingerprint density at radius 3 is 2.33 bits per heavy atom. The zero-order valence-electron chi connectivity index (χ0n) is 13.3. The number of aliphatic carboxylic acids is 1. The van der Waals surface area contributed by atoms with Crippen LogP contribution >= 0.6 is 0 Å². The van der Waals surface area contributed by atoms with Crippen LogP contribution in [0, 0.1) is 5.92 Å². The van der Waals surface area contributed by atoms with E-state index in [0.29, 0.717) is 12.0 Å². The number of benzene rings is 1. The SMILES string of the molecule is CC(C)c1ccc(C(C)NC2CCCC(C(=O)O)C2)cc1. The topological polar surface area (TPSA) is 49.3 Å². The van der Waals surface area contributed by atoms with Crippen LogP contribution in [0.15, 0.2) is 24.3 Å². The van der Waals surface area contributed by atoms with Gasteiger partial charge in [-0.2, -0.15) is 0 Å². The van der Waals surface area contributed by atoms with Crippen molar-refractivity contribution in [1.29, 1.82) is 0 Å². The second kappa shape index (κ2) is 7.08. The Hall–Kier alpha value is -1.35. The van der Waals surface area contributed by atoms with E-state index in [4.69, 9.17) is 5.11 Å². The van der Waals surface area contributed by atoms with Crippen LogP contribution in [0.2, 0.25) is 0 Å². The van der Waals surface area contributed by atoms with Crippen molar-refractivity contribution in [3.63, 3.8) is 0 Å². The Kier molecular flexibility index (Phi) is 5.40. The lowest BCUT2D eigenvalue weighted by Gasteiger charge is -2.30. The van der Waals surface area contributed by atoms with Gasteiger partial charge >= 0.3 is 5.97 Å². The van der Waals surface area contributed by atoms with E-state index in [1.54, 1.807) is 0 Å². The molecule has 0 aromatic heterocycles. The first-order chi connectivity index (χ1) is 9.97. The van der Waals surface area contributed by atoms with Crippen molar-refractivity contribution in [3.05, 3.63) is 35.4 Å². The molecule has 3 atom stereocenters. The fraction of sp³-hybridized carbons (Fsp3) is 0.611. The lowest BCUT2D eigenvalue weighted by atomic mass is 9.85. The smallest absolute Gasteiger partial charge is 0.306 e. The summed E-state index contributed by atoms with van der Waals surface area (Å²) in [6, 6.07) is 9.34. The molecular weight excluding hydrogens is 262 g/mol. The van der Waals surface area contributed by atoms with Gasteiger partial charge in [0.2, 0.25) is 0 Å². The minimum atomic E-state index is -0.643. The van der Waals surface area contributed by atoms with Gasteiger partial charge in [0.25, 0.3) is 0 Å². The average Bonchev–Trinajstić information content (AvgIpc) is 2.47. The van der Waals surface area contributed by atoms with Gasteiger partial charge in [0.15, 0.2) is 0 Å². The summed E-state index contributed by atoms with van der Waals surface area (Å²) in [6.45, 7) is 6.56. The highest BCUT2D eigenvalue weighted by Crippen LogP contribution is 2.27. The van der Waals surface area contributed by atoms with Crippen LogP contribution in [-0.2, 0) is 4.79 Å². The molecule has 1 fully saturated rings. The maximum Gasteiger partial charge on any atom is 0.306 e. The molecule has 0 heterocycles. The number of carboxylic acids is 1. The van der Waals surface area contributed by atoms with E-state index >= 15 is 0 Å². The first kappa shape index (κ1) is 16.0. The van der Waals surface area contributed by atoms with Crippen LogP contribution in [0.1, 0.15) is 69.5 Å². The number of hydrogen-bond acceptors (Lipinski definition) is 2. The fourth-order valence-corrected chi connectivity index (χ4v) is 3.18. The molecule has 0 spiro atoms. The summed E-state index contributed by atoms with van der Waals surface area (Å²) in [7, 11) is 0. The van der Waals surface area contributed by atoms with Gasteiger partial charge in [-0.25, -0.2) is 0 Å². The first-order valence-electron chi connectivity index (χ1n) is 8.06. The molecule has 0 radical (unpaired) electrons. The van der Waals surface area contributed by atoms with Gasteiger partial charge < -0.3 is 10.4 Å². The second-order valence-corrected chi connectivity index (χ2v) is 6.61. The Labute approximate surface area is 127 Å². The number of nitrogens with one attached hydrogen (secondary N) is 1. The highest BCUT2D eigenvalue weighted by atomic mass is 16.4. The van der Waals surface area contributed by atoms with Crippen molar-refractivity contribution in [3.8, 4) is 0 Å². The van der Waals surface area contributed by atoms with Gasteiger partial charge in [0, 0.05) is 12.1 Å². The maximum absolute atomic E-state index is 11.1. The molecule has 3 unspecified atom stereocenters. The van der Waals surface area contributed by atoms with Crippen LogP contribution in [0.4, 0.5) is 0 Å². The molecule has 0 aliphatic heterocycles. The van der Waals surface area contributed by atoms with Gasteiger partial charge in [0.1, 0.15) is 0 Å². The summed E-state index contributed by atoms with van der Waals surface area (Å²) in [5.41, 5.74) is 2.63. The Balaban J connectivity index is 1.94. The average molecular weight is 289 g/mol. The van der Waals surface area contributed by atoms with Gasteiger partial charge in [0.05, 0.1) is 5.92 Å². The van der Waals surface area contributed by atoms with Gasteiger partial charge in [-0.15, -0.1) is 0 Å². The van der Waals surface area contributed by atoms with Crippen LogP contribution in [-0.4, -0.2) is 17.1 Å². The van der Waals surface area contributed by atoms with Crippen molar-refractivity contribution < 1.29 is 9.90 Å². The molecule has 3 nitrogen and oxygen atoms in total. The van der Waals surface area contributed by atoms with E-state index in [1.165, 1.54) is 11.1 Å². The molecule has 116 valence electrons. The molecule has 3 heteroatoms. The number of carbonyl (C=O) groups is 1. The predicted molar refractivity (Wildman–Crippen MR) is 85.5 cm³/mol. The molecule has 0 bridgehead atoms. The highest BCUT2D eigenvalue weighted by molar-refractivity contribution is 5.70. The summed E-state index contributed by atoms with van der Waals surface area (Å²) in [4.78, 5) is 11.1. The molecular formula is C18H27NO2. The number of carboxylic acid groups (broad SMARTS) is 1. The van der Waals surface area contributed by atoms with Crippen molar-refractivity contribution in [1.82, 2.24) is 5.32 Å². The fourth-order valence-electron chi connectivity index (χ4n) is 3.18. The minimum Gasteiger partial charge on any atom is -0.481 e. The summed E-state index contributed by atoms with van der Waals surface area (Å²) in [5.74, 6) is -0.265. The summed E-state index contributed by atoms with van der Waals surface area (Å²) < 4.78 is 0. The molecule has 1 aromatic carbocycles. The predicted octanol–water partition coefficient (Wildman–Crippen LogP) is 4.10. The third-order valence-corrected chi connectivity index (χ3v) is 4.61. The monoisotopic (exact) mass is 289 g/mol. The van der Waals surface area contributed by atoms with E-state index in [2.05, 4.69) is 50.4 Å². The largest absolute Gasteiger partial charge is 0.481 e. The minimum absolute atomic E-state index is 0.174. The standard InChI is InChI=1S/C18H27NO2/c1-12(2)14-7-9-15(10-8-14)13(3)19-17-6-4-5-16(11-17)18(20)21/h7-10,12-13,16-17,19H,4-6,11H2,1-3H3,(H,20,21). The quantitative estimate of drug-likeness (QED) is 0.858. The van der Waals surface area contributed by atoms with Crippen LogP contribution in [0.5, 0.6) is 0 Å². The van der Waals surface area contributed by atoms with Crippen LogP contribution in [0.3, 0.4) is 0 Å². The van der Waals surface area contributed by atoms with Crippen molar-refractivity contribution in [2.24, 2.45) is 5.92 Å². The molecule has 1 aliphatic rings. The van der Waals surface area contributed by atoms with E-state index in [1.807, 2.05) is 0 Å². The second-order valence-electron chi connectivity index (χ2n) is 6.61. The van der Waals surface area contributed by atoms with Gasteiger partial charge in [-0.3, -0.25) is 4.79 Å². The third kappa shape index (κ3) is 4.31. The zero-order chi connectivity index (χ0) is 15.4. The Morgan fingerprint density at radius 1 is 1.14 bits per heavy atom. The zero-order valence-corrected chi connectivity index (χ0v) is 13.3. The van der Waals surface area contributed by atoms with E-state index < -0.39 is 5.97 Å². The molecule has 1 aromatic rings. The first-order valence-corrected chi connectivity index (χ1v) is 8.06. The Bertz CT molecular complexity index is 467. The molecule has 1 aliphatic carbocycles. The molecule has 21 heavy (non-hydrogen) atoms. The van der Waals surface area contributed by atoms with Gasteiger partial charge in [-0.1, -0.05) is 44.5 Å². The molecule has 0 amide bonds. The van der Waals surface area contributed by atoms with Gasteiger partial charge in [-0.05, 0) is 43.2 Å². The van der Waals surface area contributed by atoms with E-state index in [9.17, 15) is 4.79 Å². The van der Waals surface area contributed by atoms with E-state index in [0.717, 1.165) is 25.7 Å².